The Kier molecular flexibility index (Phi) is 3.87. The first-order chi connectivity index (χ1) is 9.36. The van der Waals surface area contributed by atoms with Crippen LogP contribution in [0.1, 0.15) is 34.7 Å². The van der Waals surface area contributed by atoms with E-state index in [1.807, 2.05) is 64.1 Å². The summed E-state index contributed by atoms with van der Waals surface area (Å²) in [4.78, 5) is 0. The SMILES string of the molecule is COc1cc(C)c(C(C)(O)c2cccc(C)c2)cc1C. The van der Waals surface area contributed by atoms with Crippen LogP contribution >= 0.6 is 0 Å². The van der Waals surface area contributed by atoms with Gasteiger partial charge in [-0.1, -0.05) is 29.8 Å². The fraction of sp³-hybridized carbons (Fsp3) is 0.333. The topological polar surface area (TPSA) is 29.5 Å². The lowest BCUT2D eigenvalue weighted by Crippen LogP contribution is -2.24. The first kappa shape index (κ1) is 14.6. The molecule has 2 aromatic rings. The quantitative estimate of drug-likeness (QED) is 0.917. The second-order valence-corrected chi connectivity index (χ2v) is 5.58. The number of methoxy groups -OCH3 is 1. The lowest BCUT2D eigenvalue weighted by molar-refractivity contribution is 0.101. The van der Waals surface area contributed by atoms with Crippen LogP contribution in [0, 0.1) is 20.8 Å². The zero-order valence-corrected chi connectivity index (χ0v) is 12.8. The molecule has 0 aliphatic carbocycles. The van der Waals surface area contributed by atoms with Gasteiger partial charge in [0.2, 0.25) is 0 Å². The van der Waals surface area contributed by atoms with Crippen LogP contribution in [0.5, 0.6) is 5.75 Å². The normalized spacial score (nSPS) is 13.9. The fourth-order valence-electron chi connectivity index (χ4n) is 2.64. The van der Waals surface area contributed by atoms with Crippen molar-refractivity contribution < 1.29 is 9.84 Å². The van der Waals surface area contributed by atoms with Crippen molar-refractivity contribution >= 4 is 0 Å². The zero-order valence-electron chi connectivity index (χ0n) is 12.8. The van der Waals surface area contributed by atoms with Gasteiger partial charge in [-0.3, -0.25) is 0 Å². The second-order valence-electron chi connectivity index (χ2n) is 5.58. The minimum Gasteiger partial charge on any atom is -0.496 e. The van der Waals surface area contributed by atoms with Crippen molar-refractivity contribution in [1.82, 2.24) is 0 Å². The number of rotatable bonds is 3. The number of benzene rings is 2. The van der Waals surface area contributed by atoms with Gasteiger partial charge in [0.05, 0.1) is 7.11 Å². The van der Waals surface area contributed by atoms with Crippen LogP contribution in [0.4, 0.5) is 0 Å². The summed E-state index contributed by atoms with van der Waals surface area (Å²) in [6.45, 7) is 7.87. The van der Waals surface area contributed by atoms with Crippen molar-refractivity contribution in [3.8, 4) is 5.75 Å². The summed E-state index contributed by atoms with van der Waals surface area (Å²) in [5.41, 5.74) is 4.02. The summed E-state index contributed by atoms with van der Waals surface area (Å²) in [6, 6.07) is 12.0. The highest BCUT2D eigenvalue weighted by atomic mass is 16.5. The van der Waals surface area contributed by atoms with Crippen LogP contribution in [-0.2, 0) is 5.60 Å². The van der Waals surface area contributed by atoms with Crippen molar-refractivity contribution in [2.75, 3.05) is 7.11 Å². The van der Waals surface area contributed by atoms with Gasteiger partial charge in [0.1, 0.15) is 11.4 Å². The third kappa shape index (κ3) is 2.56. The second kappa shape index (κ2) is 5.29. The molecule has 0 saturated heterocycles. The van der Waals surface area contributed by atoms with Crippen LogP contribution in [0.2, 0.25) is 0 Å². The molecule has 1 N–H and O–H groups in total. The highest BCUT2D eigenvalue weighted by molar-refractivity contribution is 5.47. The molecular weight excluding hydrogens is 248 g/mol. The Balaban J connectivity index is 2.57. The van der Waals surface area contributed by atoms with Gasteiger partial charge in [-0.15, -0.1) is 0 Å². The number of aryl methyl sites for hydroxylation is 3. The smallest absolute Gasteiger partial charge is 0.122 e. The average molecular weight is 270 g/mol. The van der Waals surface area contributed by atoms with E-state index in [0.717, 1.165) is 33.6 Å². The van der Waals surface area contributed by atoms with Crippen LogP contribution in [0.3, 0.4) is 0 Å². The van der Waals surface area contributed by atoms with Crippen molar-refractivity contribution in [1.29, 1.82) is 0 Å². The van der Waals surface area contributed by atoms with Crippen LogP contribution in [-0.4, -0.2) is 12.2 Å². The van der Waals surface area contributed by atoms with Gasteiger partial charge in [-0.05, 0) is 62.1 Å². The first-order valence-corrected chi connectivity index (χ1v) is 6.81. The summed E-state index contributed by atoms with van der Waals surface area (Å²) in [7, 11) is 1.67. The molecule has 2 heteroatoms. The lowest BCUT2D eigenvalue weighted by Gasteiger charge is -2.27. The summed E-state index contributed by atoms with van der Waals surface area (Å²) < 4.78 is 5.34. The maximum atomic E-state index is 11.0. The van der Waals surface area contributed by atoms with E-state index in [1.165, 1.54) is 0 Å². The van der Waals surface area contributed by atoms with E-state index in [1.54, 1.807) is 7.11 Å². The third-order valence-electron chi connectivity index (χ3n) is 3.85. The van der Waals surface area contributed by atoms with E-state index in [2.05, 4.69) is 0 Å². The van der Waals surface area contributed by atoms with Gasteiger partial charge < -0.3 is 9.84 Å². The Bertz CT molecular complexity index is 627. The minimum atomic E-state index is -1.01. The molecular formula is C18H22O2. The van der Waals surface area contributed by atoms with Gasteiger partial charge >= 0.3 is 0 Å². The predicted octanol–water partition coefficient (Wildman–Crippen LogP) is 3.88. The van der Waals surface area contributed by atoms with E-state index in [9.17, 15) is 5.11 Å². The molecule has 2 nitrogen and oxygen atoms in total. The van der Waals surface area contributed by atoms with Crippen molar-refractivity contribution in [2.45, 2.75) is 33.3 Å². The van der Waals surface area contributed by atoms with Crippen LogP contribution < -0.4 is 4.74 Å². The van der Waals surface area contributed by atoms with Crippen molar-refractivity contribution in [3.63, 3.8) is 0 Å². The molecule has 1 unspecified atom stereocenters. The Morgan fingerprint density at radius 1 is 1.00 bits per heavy atom. The molecule has 0 amide bonds. The number of aliphatic hydroxyl groups is 1. The van der Waals surface area contributed by atoms with E-state index in [-0.39, 0.29) is 0 Å². The van der Waals surface area contributed by atoms with E-state index < -0.39 is 5.60 Å². The molecule has 0 heterocycles. The number of ether oxygens (including phenoxy) is 1. The van der Waals surface area contributed by atoms with Gasteiger partial charge in [0.15, 0.2) is 0 Å². The lowest BCUT2D eigenvalue weighted by atomic mass is 9.84. The Morgan fingerprint density at radius 2 is 1.70 bits per heavy atom. The van der Waals surface area contributed by atoms with E-state index >= 15 is 0 Å². The molecule has 20 heavy (non-hydrogen) atoms. The maximum absolute atomic E-state index is 11.0. The third-order valence-corrected chi connectivity index (χ3v) is 3.85. The van der Waals surface area contributed by atoms with Crippen LogP contribution in [0.15, 0.2) is 36.4 Å². The molecule has 0 saturated carbocycles. The summed E-state index contributed by atoms with van der Waals surface area (Å²) >= 11 is 0. The van der Waals surface area contributed by atoms with E-state index in [4.69, 9.17) is 4.74 Å². The molecule has 0 aromatic heterocycles. The van der Waals surface area contributed by atoms with Gasteiger partial charge in [-0.25, -0.2) is 0 Å². The monoisotopic (exact) mass is 270 g/mol. The van der Waals surface area contributed by atoms with E-state index in [0.29, 0.717) is 0 Å². The molecule has 0 radical (unpaired) electrons. The van der Waals surface area contributed by atoms with Crippen molar-refractivity contribution in [2.24, 2.45) is 0 Å². The minimum absolute atomic E-state index is 0.853. The van der Waals surface area contributed by atoms with Gasteiger partial charge in [-0.2, -0.15) is 0 Å². The van der Waals surface area contributed by atoms with Gasteiger partial charge in [0, 0.05) is 0 Å². The Hall–Kier alpha value is -1.80. The number of hydrogen-bond acceptors (Lipinski definition) is 2. The Morgan fingerprint density at radius 3 is 2.30 bits per heavy atom. The fourth-order valence-corrected chi connectivity index (χ4v) is 2.64. The molecule has 106 valence electrons. The predicted molar refractivity (Wildman–Crippen MR) is 82.3 cm³/mol. The molecule has 0 bridgehead atoms. The Labute approximate surface area is 121 Å². The highest BCUT2D eigenvalue weighted by Gasteiger charge is 2.28. The summed E-state index contributed by atoms with van der Waals surface area (Å²) in [6.07, 6.45) is 0. The highest BCUT2D eigenvalue weighted by Crippen LogP contribution is 2.34. The molecule has 0 aliphatic rings. The van der Waals surface area contributed by atoms with Crippen molar-refractivity contribution in [3.05, 3.63) is 64.2 Å². The molecule has 0 aliphatic heterocycles. The van der Waals surface area contributed by atoms with Gasteiger partial charge in [0.25, 0.3) is 0 Å². The largest absolute Gasteiger partial charge is 0.496 e. The maximum Gasteiger partial charge on any atom is 0.122 e. The standard InChI is InChI=1S/C18H22O2/c1-12-7-6-8-15(9-12)18(4,19)16-10-14(3)17(20-5)11-13(16)2/h6-11,19H,1-5H3. The zero-order chi connectivity index (χ0) is 14.9. The average Bonchev–Trinajstić information content (AvgIpc) is 2.40. The molecule has 0 spiro atoms. The number of hydrogen-bond donors (Lipinski definition) is 1. The molecule has 2 aromatic carbocycles. The summed E-state index contributed by atoms with van der Waals surface area (Å²) in [5.74, 6) is 0.853. The first-order valence-electron chi connectivity index (χ1n) is 6.81. The molecule has 2 rings (SSSR count). The molecule has 1 atom stereocenters. The summed E-state index contributed by atoms with van der Waals surface area (Å²) in [5, 5.41) is 11.0. The van der Waals surface area contributed by atoms with Crippen LogP contribution in [0.25, 0.3) is 0 Å². The molecule has 0 fully saturated rings.